The van der Waals surface area contributed by atoms with Gasteiger partial charge >= 0.3 is 0 Å². The average Bonchev–Trinajstić information content (AvgIpc) is 3.07. The van der Waals surface area contributed by atoms with Crippen molar-refractivity contribution in [1.29, 1.82) is 0 Å². The van der Waals surface area contributed by atoms with Crippen molar-refractivity contribution in [1.82, 2.24) is 15.0 Å². The van der Waals surface area contributed by atoms with E-state index in [1.807, 2.05) is 11.8 Å². The molecule has 20 heavy (non-hydrogen) atoms. The number of carbonyl (C=O) groups excluding carboxylic acids is 1. The molecule has 7 heteroatoms. The monoisotopic (exact) mass is 300 g/mol. The molecule has 2 fully saturated rings. The van der Waals surface area contributed by atoms with Gasteiger partial charge in [-0.25, -0.2) is 0 Å². The fourth-order valence-corrected chi connectivity index (χ4v) is 3.08. The highest BCUT2D eigenvalue weighted by Gasteiger charge is 2.38. The molecule has 1 aliphatic carbocycles. The number of amides is 1. The first-order valence-electron chi connectivity index (χ1n) is 7.03. The second-order valence-electron chi connectivity index (χ2n) is 5.65. The van der Waals surface area contributed by atoms with Gasteiger partial charge in [0, 0.05) is 19.5 Å². The van der Waals surface area contributed by atoms with Crippen molar-refractivity contribution >= 4 is 18.3 Å². The summed E-state index contributed by atoms with van der Waals surface area (Å²) in [5.41, 5.74) is 5.89. The molecule has 1 amide bonds. The highest BCUT2D eigenvalue weighted by Crippen LogP contribution is 2.36. The second kappa shape index (κ2) is 5.69. The Hall–Kier alpha value is -1.14. The van der Waals surface area contributed by atoms with E-state index in [0.717, 1.165) is 32.2 Å². The number of nitrogens with zero attached hydrogens (tertiary/aromatic N) is 3. The summed E-state index contributed by atoms with van der Waals surface area (Å²) in [4.78, 5) is 18.0. The van der Waals surface area contributed by atoms with Crippen molar-refractivity contribution in [2.45, 2.75) is 50.5 Å². The molecule has 112 valence electrons. The van der Waals surface area contributed by atoms with Gasteiger partial charge in [-0.15, -0.1) is 12.4 Å². The van der Waals surface area contributed by atoms with E-state index in [9.17, 15) is 4.79 Å². The van der Waals surface area contributed by atoms with Gasteiger partial charge in [-0.2, -0.15) is 4.98 Å². The number of likely N-dealkylation sites (N-methyl/N-ethyl adjacent to an activating group) is 1. The van der Waals surface area contributed by atoms with Gasteiger partial charge in [-0.05, 0) is 19.8 Å². The number of hydrogen-bond acceptors (Lipinski definition) is 5. The van der Waals surface area contributed by atoms with Crippen LogP contribution in [0.4, 0.5) is 0 Å². The lowest BCUT2D eigenvalue weighted by Gasteiger charge is -2.17. The predicted octanol–water partition coefficient (Wildman–Crippen LogP) is 1.56. The summed E-state index contributed by atoms with van der Waals surface area (Å²) < 4.78 is 5.35. The first-order valence-corrected chi connectivity index (χ1v) is 7.03. The van der Waals surface area contributed by atoms with Gasteiger partial charge in [-0.3, -0.25) is 4.79 Å². The molecule has 1 aromatic rings. The smallest absolute Gasteiger partial charge is 0.232 e. The van der Waals surface area contributed by atoms with Gasteiger partial charge in [-0.1, -0.05) is 18.0 Å². The summed E-state index contributed by atoms with van der Waals surface area (Å²) in [6.07, 6.45) is 4.53. The topological polar surface area (TPSA) is 85.2 Å². The average molecular weight is 301 g/mol. The van der Waals surface area contributed by atoms with Crippen molar-refractivity contribution in [3.05, 3.63) is 11.7 Å². The molecule has 2 N–H and O–H groups in total. The third-order valence-electron chi connectivity index (χ3n) is 4.33. The van der Waals surface area contributed by atoms with Crippen molar-refractivity contribution < 1.29 is 9.32 Å². The van der Waals surface area contributed by atoms with Crippen molar-refractivity contribution in [3.63, 3.8) is 0 Å². The van der Waals surface area contributed by atoms with Gasteiger partial charge in [0.1, 0.15) is 0 Å². The van der Waals surface area contributed by atoms with Gasteiger partial charge < -0.3 is 15.2 Å². The molecule has 0 aromatic carbocycles. The minimum absolute atomic E-state index is 0. The summed E-state index contributed by atoms with van der Waals surface area (Å²) in [7, 11) is 0. The standard InChI is InChI=1S/C13H20N4O2.ClH/c1-2-17-8-9(7-10(17)18)11-15-12(16-19-11)13(14)5-3-4-6-13;/h9H,2-8,14H2,1H3;1H. The Labute approximate surface area is 124 Å². The summed E-state index contributed by atoms with van der Waals surface area (Å²) in [6, 6.07) is 0. The quantitative estimate of drug-likeness (QED) is 0.915. The summed E-state index contributed by atoms with van der Waals surface area (Å²) in [5, 5.41) is 4.05. The van der Waals surface area contributed by atoms with Crippen molar-refractivity contribution in [2.24, 2.45) is 5.73 Å². The molecule has 1 aromatic heterocycles. The maximum absolute atomic E-state index is 11.7. The largest absolute Gasteiger partial charge is 0.342 e. The van der Waals surface area contributed by atoms with Gasteiger partial charge in [0.25, 0.3) is 0 Å². The van der Waals surface area contributed by atoms with Crippen LogP contribution in [-0.4, -0.2) is 34.0 Å². The Kier molecular flexibility index (Phi) is 4.34. The fraction of sp³-hybridized carbons (Fsp3) is 0.769. The zero-order valence-corrected chi connectivity index (χ0v) is 12.5. The zero-order chi connectivity index (χ0) is 13.5. The number of nitrogens with two attached hydrogens (primary N) is 1. The van der Waals surface area contributed by atoms with Crippen LogP contribution >= 0.6 is 12.4 Å². The van der Waals surface area contributed by atoms with Crippen LogP contribution < -0.4 is 5.73 Å². The molecular formula is C13H21ClN4O2. The summed E-state index contributed by atoms with van der Waals surface area (Å²) in [5.74, 6) is 1.37. The third-order valence-corrected chi connectivity index (χ3v) is 4.33. The molecule has 1 aliphatic heterocycles. The molecule has 0 spiro atoms. The van der Waals surface area contributed by atoms with Crippen LogP contribution in [0.5, 0.6) is 0 Å². The number of likely N-dealkylation sites (tertiary alicyclic amines) is 1. The lowest BCUT2D eigenvalue weighted by molar-refractivity contribution is -0.127. The van der Waals surface area contributed by atoms with E-state index >= 15 is 0 Å². The summed E-state index contributed by atoms with van der Waals surface area (Å²) in [6.45, 7) is 3.39. The van der Waals surface area contributed by atoms with Crippen LogP contribution in [0.1, 0.15) is 56.7 Å². The fourth-order valence-electron chi connectivity index (χ4n) is 3.08. The van der Waals surface area contributed by atoms with Crippen molar-refractivity contribution in [2.75, 3.05) is 13.1 Å². The second-order valence-corrected chi connectivity index (χ2v) is 5.65. The molecule has 2 heterocycles. The lowest BCUT2D eigenvalue weighted by Crippen LogP contribution is -2.34. The molecule has 0 bridgehead atoms. The van der Waals surface area contributed by atoms with E-state index in [4.69, 9.17) is 10.3 Å². The predicted molar refractivity (Wildman–Crippen MR) is 75.5 cm³/mol. The lowest BCUT2D eigenvalue weighted by atomic mass is 9.98. The zero-order valence-electron chi connectivity index (χ0n) is 11.7. The van der Waals surface area contributed by atoms with Gasteiger partial charge in [0.05, 0.1) is 11.5 Å². The molecule has 2 aliphatic rings. The van der Waals surface area contributed by atoms with E-state index in [1.165, 1.54) is 0 Å². The van der Waals surface area contributed by atoms with Gasteiger partial charge in [0.15, 0.2) is 5.82 Å². The first-order chi connectivity index (χ1) is 9.12. The summed E-state index contributed by atoms with van der Waals surface area (Å²) >= 11 is 0. The molecule has 1 saturated heterocycles. The first kappa shape index (κ1) is 15.3. The van der Waals surface area contributed by atoms with Crippen LogP contribution in [0.2, 0.25) is 0 Å². The molecule has 6 nitrogen and oxygen atoms in total. The molecule has 1 unspecified atom stereocenters. The Morgan fingerprint density at radius 1 is 1.45 bits per heavy atom. The van der Waals surface area contributed by atoms with Crippen LogP contribution in [0, 0.1) is 0 Å². The Balaban J connectivity index is 0.00000147. The minimum atomic E-state index is -0.422. The van der Waals surface area contributed by atoms with Gasteiger partial charge in [0.2, 0.25) is 11.8 Å². The molecule has 0 radical (unpaired) electrons. The van der Waals surface area contributed by atoms with Crippen LogP contribution in [0.15, 0.2) is 4.52 Å². The SMILES string of the molecule is CCN1CC(c2nc(C3(N)CCCC3)no2)CC1=O.Cl. The van der Waals surface area contributed by atoms with Crippen LogP contribution in [0.25, 0.3) is 0 Å². The Morgan fingerprint density at radius 3 is 2.75 bits per heavy atom. The highest BCUT2D eigenvalue weighted by atomic mass is 35.5. The minimum Gasteiger partial charge on any atom is -0.342 e. The third kappa shape index (κ3) is 2.54. The Bertz CT molecular complexity index is 484. The van der Waals surface area contributed by atoms with E-state index < -0.39 is 5.54 Å². The molecule has 1 saturated carbocycles. The number of hydrogen-bond donors (Lipinski definition) is 1. The van der Waals surface area contributed by atoms with E-state index in [2.05, 4.69) is 10.1 Å². The normalized spacial score (nSPS) is 25.0. The van der Waals surface area contributed by atoms with Crippen LogP contribution in [-0.2, 0) is 10.3 Å². The maximum atomic E-state index is 11.7. The Morgan fingerprint density at radius 2 is 2.15 bits per heavy atom. The molecular weight excluding hydrogens is 280 g/mol. The van der Waals surface area contributed by atoms with E-state index in [0.29, 0.717) is 24.7 Å². The number of carbonyl (C=O) groups is 1. The highest BCUT2D eigenvalue weighted by molar-refractivity contribution is 5.85. The molecule has 1 atom stereocenters. The van der Waals surface area contributed by atoms with Crippen LogP contribution in [0.3, 0.4) is 0 Å². The molecule has 3 rings (SSSR count). The number of halogens is 1. The maximum Gasteiger partial charge on any atom is 0.232 e. The van der Waals surface area contributed by atoms with E-state index in [1.54, 1.807) is 0 Å². The number of aromatic nitrogens is 2. The van der Waals surface area contributed by atoms with E-state index in [-0.39, 0.29) is 24.2 Å². The van der Waals surface area contributed by atoms with Crippen molar-refractivity contribution in [3.8, 4) is 0 Å². The number of rotatable bonds is 3.